The summed E-state index contributed by atoms with van der Waals surface area (Å²) in [6.07, 6.45) is 6.48. The first-order chi connectivity index (χ1) is 18.0. The zero-order valence-corrected chi connectivity index (χ0v) is 22.0. The summed E-state index contributed by atoms with van der Waals surface area (Å²) in [6, 6.07) is 16.8. The van der Waals surface area contributed by atoms with Crippen LogP contribution in [-0.2, 0) is 20.9 Å². The van der Waals surface area contributed by atoms with Gasteiger partial charge in [-0.15, -0.1) is 0 Å². The van der Waals surface area contributed by atoms with Gasteiger partial charge in [-0.2, -0.15) is 0 Å². The predicted molar refractivity (Wildman–Crippen MR) is 145 cm³/mol. The number of esters is 1. The van der Waals surface area contributed by atoms with Gasteiger partial charge in [0.15, 0.2) is 0 Å². The average molecular weight is 506 g/mol. The van der Waals surface area contributed by atoms with Gasteiger partial charge in [-0.1, -0.05) is 12.1 Å². The molecule has 0 bridgehead atoms. The normalized spacial score (nSPS) is 22.4. The molecule has 5 rings (SSSR count). The number of benzene rings is 2. The lowest BCUT2D eigenvalue weighted by Crippen LogP contribution is -2.38. The summed E-state index contributed by atoms with van der Waals surface area (Å²) < 4.78 is 10.7. The number of ether oxygens (including phenoxy) is 2. The summed E-state index contributed by atoms with van der Waals surface area (Å²) in [7, 11) is 1.45. The Balaban J connectivity index is 1.12. The minimum atomic E-state index is -0.133. The minimum Gasteiger partial charge on any atom is -0.469 e. The lowest BCUT2D eigenvalue weighted by Gasteiger charge is -2.29. The Morgan fingerprint density at radius 2 is 1.78 bits per heavy atom. The topological polar surface area (TPSA) is 71.1 Å². The second-order valence-corrected chi connectivity index (χ2v) is 10.8. The van der Waals surface area contributed by atoms with Crippen LogP contribution in [-0.4, -0.2) is 61.7 Å². The van der Waals surface area contributed by atoms with Gasteiger partial charge in [-0.05, 0) is 86.9 Å². The van der Waals surface area contributed by atoms with E-state index in [1.54, 1.807) is 0 Å². The number of anilines is 2. The highest BCUT2D eigenvalue weighted by atomic mass is 16.5. The van der Waals surface area contributed by atoms with Gasteiger partial charge >= 0.3 is 5.97 Å². The molecule has 1 N–H and O–H groups in total. The fourth-order valence-corrected chi connectivity index (χ4v) is 5.73. The van der Waals surface area contributed by atoms with Crippen molar-refractivity contribution in [2.45, 2.75) is 70.2 Å². The first-order valence-electron chi connectivity index (χ1n) is 13.7. The summed E-state index contributed by atoms with van der Waals surface area (Å²) in [6.45, 7) is 5.98. The fourth-order valence-electron chi connectivity index (χ4n) is 5.73. The van der Waals surface area contributed by atoms with Crippen molar-refractivity contribution >= 4 is 23.3 Å². The molecule has 3 unspecified atom stereocenters. The van der Waals surface area contributed by atoms with E-state index in [4.69, 9.17) is 9.47 Å². The molecule has 0 radical (unpaired) electrons. The first-order valence-corrected chi connectivity index (χ1v) is 13.7. The van der Waals surface area contributed by atoms with Gasteiger partial charge in [0, 0.05) is 55.1 Å². The molecule has 1 saturated carbocycles. The Labute approximate surface area is 220 Å². The van der Waals surface area contributed by atoms with E-state index in [-0.39, 0.29) is 11.9 Å². The lowest BCUT2D eigenvalue weighted by molar-refractivity contribution is -0.141. The molecule has 2 aromatic rings. The third-order valence-corrected chi connectivity index (χ3v) is 8.40. The van der Waals surface area contributed by atoms with Crippen molar-refractivity contribution in [3.63, 3.8) is 0 Å². The summed E-state index contributed by atoms with van der Waals surface area (Å²) in [5, 5.41) is 3.03. The molecule has 3 aliphatic rings. The number of nitrogens with zero attached hydrogens (tertiary/aromatic N) is 2. The Kier molecular flexibility index (Phi) is 8.11. The zero-order valence-electron chi connectivity index (χ0n) is 22.0. The number of hydrogen-bond acceptors (Lipinski definition) is 6. The molecule has 7 nitrogen and oxygen atoms in total. The molecular formula is C30H39N3O4. The van der Waals surface area contributed by atoms with Crippen molar-refractivity contribution in [1.82, 2.24) is 4.90 Å². The molecule has 37 heavy (non-hydrogen) atoms. The molecule has 7 heteroatoms. The molecule has 3 fully saturated rings. The number of nitrogens with one attached hydrogen (secondary N) is 1. The maximum absolute atomic E-state index is 12.8. The maximum Gasteiger partial charge on any atom is 0.305 e. The van der Waals surface area contributed by atoms with Crippen LogP contribution in [0.5, 0.6) is 0 Å². The Morgan fingerprint density at radius 1 is 1.03 bits per heavy atom. The van der Waals surface area contributed by atoms with Gasteiger partial charge in [-0.3, -0.25) is 14.5 Å². The molecule has 198 valence electrons. The van der Waals surface area contributed by atoms with E-state index in [1.165, 1.54) is 25.6 Å². The van der Waals surface area contributed by atoms with E-state index >= 15 is 0 Å². The van der Waals surface area contributed by atoms with Crippen molar-refractivity contribution < 1.29 is 19.1 Å². The van der Waals surface area contributed by atoms with Crippen LogP contribution in [0.15, 0.2) is 48.5 Å². The van der Waals surface area contributed by atoms with Gasteiger partial charge in [-0.25, -0.2) is 0 Å². The number of likely N-dealkylation sites (tertiary alicyclic amines) is 1. The molecule has 0 aromatic heterocycles. The van der Waals surface area contributed by atoms with Crippen LogP contribution in [0.4, 0.5) is 11.4 Å². The van der Waals surface area contributed by atoms with Gasteiger partial charge < -0.3 is 19.7 Å². The SMILES string of the molecule is COC(=O)CCC(C)N1CC2CCN(c3ccc(NC(=O)c4ccc(COC5CCC5)cc4)cc3)C2C1. The van der Waals surface area contributed by atoms with Crippen LogP contribution >= 0.6 is 0 Å². The Morgan fingerprint density at radius 3 is 2.46 bits per heavy atom. The fraction of sp³-hybridized carbons (Fsp3) is 0.533. The van der Waals surface area contributed by atoms with Crippen LogP contribution in [0.25, 0.3) is 0 Å². The molecule has 2 aromatic carbocycles. The van der Waals surface area contributed by atoms with E-state index in [2.05, 4.69) is 34.2 Å². The molecule has 2 heterocycles. The van der Waals surface area contributed by atoms with Crippen LogP contribution in [0.3, 0.4) is 0 Å². The third kappa shape index (κ3) is 6.16. The van der Waals surface area contributed by atoms with E-state index < -0.39 is 0 Å². The largest absolute Gasteiger partial charge is 0.469 e. The second-order valence-electron chi connectivity index (χ2n) is 10.8. The summed E-state index contributed by atoms with van der Waals surface area (Å²) in [5.74, 6) is 0.417. The predicted octanol–water partition coefficient (Wildman–Crippen LogP) is 4.86. The number of fused-ring (bicyclic) bond motifs is 1. The van der Waals surface area contributed by atoms with Crippen LogP contribution in [0.1, 0.15) is 61.4 Å². The lowest BCUT2D eigenvalue weighted by atomic mass is 9.96. The van der Waals surface area contributed by atoms with E-state index in [1.807, 2.05) is 36.4 Å². The van der Waals surface area contributed by atoms with Gasteiger partial charge in [0.2, 0.25) is 0 Å². The first kappa shape index (κ1) is 25.7. The van der Waals surface area contributed by atoms with Crippen LogP contribution in [0.2, 0.25) is 0 Å². The smallest absolute Gasteiger partial charge is 0.305 e. The van der Waals surface area contributed by atoms with E-state index in [9.17, 15) is 9.59 Å². The standard InChI is InChI=1S/C30H39N3O4/c1-21(6-15-29(34)36-2)32-18-24-16-17-33(28(24)19-32)26-13-11-25(12-14-26)31-30(35)23-9-7-22(8-10-23)20-37-27-4-3-5-27/h7-14,21,24,27-28H,3-6,15-20H2,1-2H3,(H,31,35). The van der Waals surface area contributed by atoms with Crippen molar-refractivity contribution in [2.24, 2.45) is 5.92 Å². The van der Waals surface area contributed by atoms with Gasteiger partial charge in [0.05, 0.1) is 19.8 Å². The molecule has 2 aliphatic heterocycles. The minimum absolute atomic E-state index is 0.104. The maximum atomic E-state index is 12.8. The Bertz CT molecular complexity index is 1070. The molecular weight excluding hydrogens is 466 g/mol. The van der Waals surface area contributed by atoms with Crippen LogP contribution in [0, 0.1) is 5.92 Å². The molecule has 2 saturated heterocycles. The zero-order chi connectivity index (χ0) is 25.8. The van der Waals surface area contributed by atoms with Crippen LogP contribution < -0.4 is 10.2 Å². The molecule has 1 amide bonds. The number of carbonyl (C=O) groups excluding carboxylic acids is 2. The van der Waals surface area contributed by atoms with E-state index in [0.29, 0.717) is 42.7 Å². The highest BCUT2D eigenvalue weighted by Crippen LogP contribution is 2.36. The molecule has 0 spiro atoms. The van der Waals surface area contributed by atoms with Gasteiger partial charge in [0.1, 0.15) is 0 Å². The number of amides is 1. The summed E-state index contributed by atoms with van der Waals surface area (Å²) in [5.41, 5.74) is 3.74. The highest BCUT2D eigenvalue weighted by molar-refractivity contribution is 6.04. The monoisotopic (exact) mass is 505 g/mol. The summed E-state index contributed by atoms with van der Waals surface area (Å²) in [4.78, 5) is 29.3. The van der Waals surface area contributed by atoms with Gasteiger partial charge in [0.25, 0.3) is 5.91 Å². The number of carbonyl (C=O) groups is 2. The van der Waals surface area contributed by atoms with E-state index in [0.717, 1.165) is 50.1 Å². The molecule has 1 aliphatic carbocycles. The Hall–Kier alpha value is -2.90. The molecule has 3 atom stereocenters. The van der Waals surface area contributed by atoms with Crippen molar-refractivity contribution in [2.75, 3.05) is 37.0 Å². The highest BCUT2D eigenvalue weighted by Gasteiger charge is 2.42. The quantitative estimate of drug-likeness (QED) is 0.465. The third-order valence-electron chi connectivity index (χ3n) is 8.40. The van der Waals surface area contributed by atoms with Crippen molar-refractivity contribution in [1.29, 1.82) is 0 Å². The second kappa shape index (κ2) is 11.7. The van der Waals surface area contributed by atoms with Crippen molar-refractivity contribution in [3.8, 4) is 0 Å². The average Bonchev–Trinajstić information content (AvgIpc) is 3.48. The summed E-state index contributed by atoms with van der Waals surface area (Å²) >= 11 is 0. The number of methoxy groups -OCH3 is 1. The number of rotatable bonds is 10. The van der Waals surface area contributed by atoms with Crippen molar-refractivity contribution in [3.05, 3.63) is 59.7 Å². The number of hydrogen-bond donors (Lipinski definition) is 1.